The molecule has 1 nitrogen and oxygen atoms in total. The molecule has 0 spiro atoms. The number of benzene rings is 1. The van der Waals surface area contributed by atoms with Crippen LogP contribution in [0.2, 0.25) is 0 Å². The lowest BCUT2D eigenvalue weighted by Crippen LogP contribution is -1.90. The molecule has 0 aliphatic heterocycles. The average molecular weight is 289 g/mol. The molecule has 1 atom stereocenters. The normalized spacial score (nSPS) is 12.0. The summed E-state index contributed by atoms with van der Waals surface area (Å²) in [5.41, 5.74) is 1.29. The van der Waals surface area contributed by atoms with Gasteiger partial charge in [-0.15, -0.1) is 0 Å². The van der Waals surface area contributed by atoms with Gasteiger partial charge in [0.25, 0.3) is 0 Å². The van der Waals surface area contributed by atoms with Gasteiger partial charge < -0.3 is 0 Å². The summed E-state index contributed by atoms with van der Waals surface area (Å²) in [5.74, 6) is 0.862. The number of alkyl halides is 1. The van der Waals surface area contributed by atoms with Crippen LogP contribution in [0.15, 0.2) is 30.3 Å². The van der Waals surface area contributed by atoms with E-state index in [2.05, 4.69) is 40.1 Å². The van der Waals surface area contributed by atoms with E-state index in [1.165, 1.54) is 17.3 Å². The van der Waals surface area contributed by atoms with Crippen LogP contribution in [-0.2, 0) is 0 Å². The van der Waals surface area contributed by atoms with E-state index in [0.29, 0.717) is 3.92 Å². The zero-order chi connectivity index (χ0) is 8.81. The van der Waals surface area contributed by atoms with E-state index in [1.807, 2.05) is 18.2 Å². The molecule has 0 fully saturated rings. The first kappa shape index (κ1) is 9.87. The van der Waals surface area contributed by atoms with E-state index in [1.54, 1.807) is 0 Å². The topological polar surface area (TPSA) is 23.8 Å². The molecular formula is C9H8INS. The van der Waals surface area contributed by atoms with Crippen molar-refractivity contribution >= 4 is 34.4 Å². The van der Waals surface area contributed by atoms with Gasteiger partial charge in [-0.05, 0) is 17.3 Å². The number of hydrogen-bond donors (Lipinski definition) is 0. The first-order valence-electron chi connectivity index (χ1n) is 3.54. The van der Waals surface area contributed by atoms with E-state index >= 15 is 0 Å². The van der Waals surface area contributed by atoms with Gasteiger partial charge in [-0.1, -0.05) is 52.9 Å². The molecule has 1 aromatic carbocycles. The van der Waals surface area contributed by atoms with Crippen LogP contribution in [0.25, 0.3) is 0 Å². The van der Waals surface area contributed by atoms with E-state index in [-0.39, 0.29) is 0 Å². The van der Waals surface area contributed by atoms with Gasteiger partial charge in [0.15, 0.2) is 0 Å². The summed E-state index contributed by atoms with van der Waals surface area (Å²) in [6.07, 6.45) is 0. The lowest BCUT2D eigenvalue weighted by atomic mass is 10.2. The molecule has 1 aromatic rings. The first-order valence-corrected chi connectivity index (χ1v) is 5.77. The number of hydrogen-bond acceptors (Lipinski definition) is 2. The summed E-state index contributed by atoms with van der Waals surface area (Å²) >= 11 is 3.67. The molecule has 1 unspecified atom stereocenters. The highest BCUT2D eigenvalue weighted by Gasteiger charge is 2.05. The lowest BCUT2D eigenvalue weighted by Gasteiger charge is -2.05. The number of rotatable bonds is 3. The fourth-order valence-electron chi connectivity index (χ4n) is 0.869. The molecule has 0 saturated carbocycles. The molecular weight excluding hydrogens is 281 g/mol. The van der Waals surface area contributed by atoms with Crippen LogP contribution in [0.4, 0.5) is 0 Å². The second-order valence-corrected chi connectivity index (χ2v) is 4.59. The summed E-state index contributed by atoms with van der Waals surface area (Å²) < 4.78 is 0.438. The van der Waals surface area contributed by atoms with E-state index < -0.39 is 0 Å². The van der Waals surface area contributed by atoms with Gasteiger partial charge in [0, 0.05) is 9.68 Å². The first-order chi connectivity index (χ1) is 5.84. The average Bonchev–Trinajstić information content (AvgIpc) is 2.15. The largest absolute Gasteiger partial charge is 0.185 e. The molecule has 1 rings (SSSR count). The van der Waals surface area contributed by atoms with E-state index in [0.717, 1.165) is 5.75 Å². The SMILES string of the molecule is N#CSCC(I)c1ccccc1. The van der Waals surface area contributed by atoms with Crippen LogP contribution in [0.5, 0.6) is 0 Å². The number of thiocyanates is 1. The van der Waals surface area contributed by atoms with Crippen LogP contribution in [-0.4, -0.2) is 5.75 Å². The quantitative estimate of drug-likeness (QED) is 0.484. The Morgan fingerprint density at radius 2 is 2.08 bits per heavy atom. The highest BCUT2D eigenvalue weighted by atomic mass is 127. The van der Waals surface area contributed by atoms with Gasteiger partial charge in [-0.3, -0.25) is 0 Å². The fraction of sp³-hybridized carbons (Fsp3) is 0.222. The third kappa shape index (κ3) is 3.03. The van der Waals surface area contributed by atoms with Crippen LogP contribution in [0.1, 0.15) is 9.49 Å². The third-order valence-electron chi connectivity index (χ3n) is 1.46. The number of thioether (sulfide) groups is 1. The Balaban J connectivity index is 2.55. The Morgan fingerprint density at radius 1 is 1.42 bits per heavy atom. The molecule has 0 N–H and O–H groups in total. The maximum absolute atomic E-state index is 8.37. The minimum atomic E-state index is 0.438. The summed E-state index contributed by atoms with van der Waals surface area (Å²) in [6.45, 7) is 0. The highest BCUT2D eigenvalue weighted by Crippen LogP contribution is 2.26. The minimum Gasteiger partial charge on any atom is -0.185 e. The van der Waals surface area contributed by atoms with Crippen molar-refractivity contribution in [2.45, 2.75) is 3.92 Å². The van der Waals surface area contributed by atoms with Crippen molar-refractivity contribution in [2.75, 3.05) is 5.75 Å². The van der Waals surface area contributed by atoms with Crippen molar-refractivity contribution in [1.29, 1.82) is 5.26 Å². The van der Waals surface area contributed by atoms with Gasteiger partial charge in [-0.25, -0.2) is 0 Å². The minimum absolute atomic E-state index is 0.438. The van der Waals surface area contributed by atoms with Gasteiger partial charge >= 0.3 is 0 Å². The zero-order valence-corrected chi connectivity index (χ0v) is 9.38. The Kier molecular flexibility index (Phi) is 4.48. The van der Waals surface area contributed by atoms with Gasteiger partial charge in [0.1, 0.15) is 5.40 Å². The second kappa shape index (κ2) is 5.44. The van der Waals surface area contributed by atoms with Gasteiger partial charge in [0.2, 0.25) is 0 Å². The van der Waals surface area contributed by atoms with Gasteiger partial charge in [0.05, 0.1) is 0 Å². The Labute approximate surface area is 90.3 Å². The van der Waals surface area contributed by atoms with E-state index in [4.69, 9.17) is 5.26 Å². The lowest BCUT2D eigenvalue weighted by molar-refractivity contribution is 1.17. The van der Waals surface area contributed by atoms with Crippen molar-refractivity contribution in [1.82, 2.24) is 0 Å². The zero-order valence-electron chi connectivity index (χ0n) is 6.40. The smallest absolute Gasteiger partial charge is 0.133 e. The predicted molar refractivity (Wildman–Crippen MR) is 61.3 cm³/mol. The molecule has 0 saturated heterocycles. The fourth-order valence-corrected chi connectivity index (χ4v) is 2.24. The van der Waals surface area contributed by atoms with Crippen LogP contribution in [0, 0.1) is 10.7 Å². The molecule has 0 aliphatic carbocycles. The van der Waals surface area contributed by atoms with Crippen molar-refractivity contribution in [3.8, 4) is 5.40 Å². The molecule has 62 valence electrons. The number of nitriles is 1. The second-order valence-electron chi connectivity index (χ2n) is 2.28. The summed E-state index contributed by atoms with van der Waals surface area (Å²) in [7, 11) is 0. The maximum atomic E-state index is 8.37. The van der Waals surface area contributed by atoms with Crippen molar-refractivity contribution in [3.63, 3.8) is 0 Å². The van der Waals surface area contributed by atoms with Crippen LogP contribution < -0.4 is 0 Å². The van der Waals surface area contributed by atoms with Crippen molar-refractivity contribution in [2.24, 2.45) is 0 Å². The Hall–Kier alpha value is -0.210. The number of nitrogens with zero attached hydrogens (tertiary/aromatic N) is 1. The summed E-state index contributed by atoms with van der Waals surface area (Å²) in [6, 6.07) is 10.2. The molecule has 0 aliphatic rings. The van der Waals surface area contributed by atoms with Crippen LogP contribution >= 0.6 is 34.4 Å². The van der Waals surface area contributed by atoms with Crippen LogP contribution in [0.3, 0.4) is 0 Å². The molecule has 3 heteroatoms. The molecule has 0 amide bonds. The molecule has 12 heavy (non-hydrogen) atoms. The summed E-state index contributed by atoms with van der Waals surface area (Å²) in [4.78, 5) is 0. The van der Waals surface area contributed by atoms with Crippen molar-refractivity contribution in [3.05, 3.63) is 35.9 Å². The molecule has 0 radical (unpaired) electrons. The summed E-state index contributed by atoms with van der Waals surface area (Å²) in [5, 5.41) is 10.5. The Bertz CT molecular complexity index is 268. The third-order valence-corrected chi connectivity index (χ3v) is 3.84. The van der Waals surface area contributed by atoms with Crippen molar-refractivity contribution < 1.29 is 0 Å². The Morgan fingerprint density at radius 3 is 2.67 bits per heavy atom. The molecule has 0 heterocycles. The highest BCUT2D eigenvalue weighted by molar-refractivity contribution is 14.1. The standard InChI is InChI=1S/C9H8INS/c10-9(6-12-7-11)8-4-2-1-3-5-8/h1-5,9H,6H2. The predicted octanol–water partition coefficient (Wildman–Crippen LogP) is 3.38. The monoisotopic (exact) mass is 289 g/mol. The maximum Gasteiger partial charge on any atom is 0.133 e. The van der Waals surface area contributed by atoms with Gasteiger partial charge in [-0.2, -0.15) is 5.26 Å². The van der Waals surface area contributed by atoms with E-state index in [9.17, 15) is 0 Å². The molecule has 0 aromatic heterocycles. The molecule has 0 bridgehead atoms. The number of halogens is 1.